The molecule has 2 fully saturated rings. The molecule has 6 heteroatoms. The molecule has 5 nitrogen and oxygen atoms in total. The van der Waals surface area contributed by atoms with Crippen molar-refractivity contribution in [3.8, 4) is 0 Å². The third-order valence-electron chi connectivity index (χ3n) is 5.49. The highest BCUT2D eigenvalue weighted by molar-refractivity contribution is 7.15. The Bertz CT molecular complexity index is 578. The van der Waals surface area contributed by atoms with E-state index in [2.05, 4.69) is 39.5 Å². The number of aromatic nitrogens is 2. The number of imidazole rings is 1. The van der Waals surface area contributed by atoms with Gasteiger partial charge in [-0.25, -0.2) is 4.98 Å². The number of piperidine rings is 1. The largest absolute Gasteiger partial charge is 0.300 e. The van der Waals surface area contributed by atoms with E-state index in [-0.39, 0.29) is 0 Å². The van der Waals surface area contributed by atoms with Crippen molar-refractivity contribution in [2.24, 2.45) is 11.8 Å². The SMILES string of the molecule is CN1C2CCC1CC(C(Cc1cn3ccsc3n1)NN)C2. The van der Waals surface area contributed by atoms with Crippen LogP contribution in [-0.4, -0.2) is 39.5 Å². The molecule has 0 saturated carbocycles. The average Bonchev–Trinajstić information content (AvgIpc) is 3.09. The maximum atomic E-state index is 5.87. The third kappa shape index (κ3) is 2.40. The average molecular weight is 305 g/mol. The quantitative estimate of drug-likeness (QED) is 0.666. The fraction of sp³-hybridized carbons (Fsp3) is 0.667. The van der Waals surface area contributed by atoms with Gasteiger partial charge in [0.25, 0.3) is 0 Å². The van der Waals surface area contributed by atoms with E-state index in [4.69, 9.17) is 10.8 Å². The van der Waals surface area contributed by atoms with Crippen molar-refractivity contribution in [3.63, 3.8) is 0 Å². The van der Waals surface area contributed by atoms with Crippen molar-refractivity contribution >= 4 is 16.3 Å². The number of hydrazine groups is 1. The van der Waals surface area contributed by atoms with Gasteiger partial charge in [-0.1, -0.05) is 0 Å². The lowest BCUT2D eigenvalue weighted by atomic mass is 9.83. The Morgan fingerprint density at radius 3 is 2.86 bits per heavy atom. The van der Waals surface area contributed by atoms with E-state index in [0.717, 1.165) is 29.2 Å². The molecule has 3 N–H and O–H groups in total. The van der Waals surface area contributed by atoms with E-state index in [9.17, 15) is 0 Å². The third-order valence-corrected chi connectivity index (χ3v) is 6.26. The molecule has 3 atom stereocenters. The van der Waals surface area contributed by atoms with Gasteiger partial charge >= 0.3 is 0 Å². The normalized spacial score (nSPS) is 31.0. The summed E-state index contributed by atoms with van der Waals surface area (Å²) in [5, 5.41) is 2.07. The Morgan fingerprint density at radius 2 is 2.19 bits per heavy atom. The molecule has 2 bridgehead atoms. The van der Waals surface area contributed by atoms with Gasteiger partial charge in [-0.3, -0.25) is 15.7 Å². The standard InChI is InChI=1S/C15H23N5S/c1-19-12-2-3-13(19)7-10(6-12)14(18-16)8-11-9-20-4-5-21-15(20)17-11/h4-5,9-10,12-14,18H,2-3,6-8,16H2,1H3. The maximum absolute atomic E-state index is 5.87. The van der Waals surface area contributed by atoms with Crippen molar-refractivity contribution in [1.29, 1.82) is 0 Å². The molecule has 2 aliphatic heterocycles. The lowest BCUT2D eigenvalue weighted by Gasteiger charge is -2.39. The van der Waals surface area contributed by atoms with Gasteiger partial charge in [0.05, 0.1) is 5.69 Å². The van der Waals surface area contributed by atoms with Gasteiger partial charge in [0.1, 0.15) is 0 Å². The van der Waals surface area contributed by atoms with E-state index in [1.165, 1.54) is 25.7 Å². The molecule has 0 spiro atoms. The summed E-state index contributed by atoms with van der Waals surface area (Å²) < 4.78 is 2.10. The molecular weight excluding hydrogens is 282 g/mol. The summed E-state index contributed by atoms with van der Waals surface area (Å²) in [5.41, 5.74) is 4.23. The lowest BCUT2D eigenvalue weighted by molar-refractivity contribution is 0.112. The number of hydrogen-bond donors (Lipinski definition) is 2. The number of hydrogen-bond acceptors (Lipinski definition) is 5. The minimum atomic E-state index is 0.339. The second-order valence-corrected chi connectivity index (χ2v) is 7.46. The van der Waals surface area contributed by atoms with Crippen molar-refractivity contribution in [1.82, 2.24) is 19.7 Å². The smallest absolute Gasteiger partial charge is 0.193 e. The number of nitrogens with one attached hydrogen (secondary N) is 1. The van der Waals surface area contributed by atoms with Crippen molar-refractivity contribution in [2.45, 2.75) is 50.2 Å². The Morgan fingerprint density at radius 1 is 1.43 bits per heavy atom. The number of fused-ring (bicyclic) bond motifs is 3. The summed E-state index contributed by atoms with van der Waals surface area (Å²) in [6.45, 7) is 0. The van der Waals surface area contributed by atoms with Gasteiger partial charge in [0.15, 0.2) is 4.96 Å². The van der Waals surface area contributed by atoms with Crippen LogP contribution >= 0.6 is 11.3 Å². The van der Waals surface area contributed by atoms with Crippen LogP contribution in [0.4, 0.5) is 0 Å². The molecule has 4 heterocycles. The van der Waals surface area contributed by atoms with Crippen LogP contribution in [-0.2, 0) is 6.42 Å². The molecule has 2 aliphatic rings. The highest BCUT2D eigenvalue weighted by atomic mass is 32.1. The summed E-state index contributed by atoms with van der Waals surface area (Å²) in [5.74, 6) is 6.54. The van der Waals surface area contributed by atoms with Gasteiger partial charge in [0, 0.05) is 42.3 Å². The van der Waals surface area contributed by atoms with Gasteiger partial charge in [-0.2, -0.15) is 0 Å². The first-order valence-electron chi connectivity index (χ1n) is 7.83. The van der Waals surface area contributed by atoms with E-state index >= 15 is 0 Å². The van der Waals surface area contributed by atoms with Crippen molar-refractivity contribution in [3.05, 3.63) is 23.5 Å². The summed E-state index contributed by atoms with van der Waals surface area (Å²) in [4.78, 5) is 8.35. The number of thiazole rings is 1. The highest BCUT2D eigenvalue weighted by Gasteiger charge is 2.40. The summed E-state index contributed by atoms with van der Waals surface area (Å²) in [7, 11) is 2.28. The van der Waals surface area contributed by atoms with Crippen LogP contribution in [0.2, 0.25) is 0 Å². The van der Waals surface area contributed by atoms with Gasteiger partial charge < -0.3 is 4.90 Å². The van der Waals surface area contributed by atoms with Crippen LogP contribution in [0.3, 0.4) is 0 Å². The molecule has 0 aliphatic carbocycles. The van der Waals surface area contributed by atoms with Crippen LogP contribution in [0.1, 0.15) is 31.4 Å². The Kier molecular flexibility index (Phi) is 3.49. The fourth-order valence-corrected chi connectivity index (χ4v) is 4.96. The second-order valence-electron chi connectivity index (χ2n) is 6.58. The first-order valence-corrected chi connectivity index (χ1v) is 8.71. The predicted octanol–water partition coefficient (Wildman–Crippen LogP) is 1.64. The summed E-state index contributed by atoms with van der Waals surface area (Å²) >= 11 is 1.68. The number of nitrogens with zero attached hydrogens (tertiary/aromatic N) is 3. The summed E-state index contributed by atoms with van der Waals surface area (Å²) in [6.07, 6.45) is 10.4. The van der Waals surface area contributed by atoms with Gasteiger partial charge in [-0.15, -0.1) is 11.3 Å². The maximum Gasteiger partial charge on any atom is 0.193 e. The Labute approximate surface area is 129 Å². The van der Waals surface area contributed by atoms with E-state index < -0.39 is 0 Å². The molecule has 4 rings (SSSR count). The molecule has 3 unspecified atom stereocenters. The lowest BCUT2D eigenvalue weighted by Crippen LogP contribution is -2.49. The molecule has 114 valence electrons. The van der Waals surface area contributed by atoms with Crippen LogP contribution in [0, 0.1) is 5.92 Å². The van der Waals surface area contributed by atoms with Gasteiger partial charge in [0.2, 0.25) is 0 Å². The highest BCUT2D eigenvalue weighted by Crippen LogP contribution is 2.39. The summed E-state index contributed by atoms with van der Waals surface area (Å²) in [6, 6.07) is 1.86. The number of nitrogens with two attached hydrogens (primary N) is 1. The molecule has 0 aromatic carbocycles. The monoisotopic (exact) mass is 305 g/mol. The molecule has 0 amide bonds. The minimum Gasteiger partial charge on any atom is -0.300 e. The Hall–Kier alpha value is -0.950. The molecular formula is C15H23N5S. The zero-order valence-corrected chi connectivity index (χ0v) is 13.2. The first-order chi connectivity index (χ1) is 10.2. The Balaban J connectivity index is 1.48. The minimum absolute atomic E-state index is 0.339. The van der Waals surface area contributed by atoms with Crippen LogP contribution in [0.25, 0.3) is 4.96 Å². The molecule has 2 aromatic heterocycles. The molecule has 2 aromatic rings. The van der Waals surface area contributed by atoms with Crippen molar-refractivity contribution in [2.75, 3.05) is 7.05 Å². The van der Waals surface area contributed by atoms with Crippen LogP contribution in [0.5, 0.6) is 0 Å². The van der Waals surface area contributed by atoms with E-state index in [1.54, 1.807) is 11.3 Å². The molecule has 2 saturated heterocycles. The van der Waals surface area contributed by atoms with Crippen LogP contribution < -0.4 is 11.3 Å². The predicted molar refractivity (Wildman–Crippen MR) is 85.2 cm³/mol. The fourth-order valence-electron chi connectivity index (χ4n) is 4.24. The zero-order valence-electron chi connectivity index (χ0n) is 12.4. The second kappa shape index (κ2) is 5.35. The number of rotatable bonds is 4. The van der Waals surface area contributed by atoms with E-state index in [0.29, 0.717) is 12.0 Å². The molecule has 0 radical (unpaired) electrons. The van der Waals surface area contributed by atoms with E-state index in [1.807, 2.05) is 0 Å². The molecule has 21 heavy (non-hydrogen) atoms. The first kappa shape index (κ1) is 13.7. The van der Waals surface area contributed by atoms with Crippen molar-refractivity contribution < 1.29 is 0 Å². The van der Waals surface area contributed by atoms with Gasteiger partial charge in [-0.05, 0) is 38.6 Å². The topological polar surface area (TPSA) is 58.6 Å². The van der Waals surface area contributed by atoms with Crippen LogP contribution in [0.15, 0.2) is 17.8 Å². The zero-order chi connectivity index (χ0) is 14.4.